The Morgan fingerprint density at radius 2 is 2.10 bits per heavy atom. The van der Waals surface area contributed by atoms with Crippen molar-refractivity contribution in [3.05, 3.63) is 65.0 Å². The van der Waals surface area contributed by atoms with Crippen LogP contribution in [0, 0.1) is 13.8 Å². The number of amides is 1. The molecule has 0 unspecified atom stereocenters. The van der Waals surface area contributed by atoms with Crippen LogP contribution in [0.5, 0.6) is 0 Å². The molecular formula is C23H26N4O2. The minimum Gasteiger partial charge on any atom is -0.375 e. The number of aromatic nitrogens is 2. The Morgan fingerprint density at radius 3 is 2.86 bits per heavy atom. The molecule has 3 aromatic rings. The summed E-state index contributed by atoms with van der Waals surface area (Å²) in [5.74, 6) is 0.824. The molecule has 1 fully saturated rings. The fourth-order valence-corrected chi connectivity index (χ4v) is 3.63. The topological polar surface area (TPSA) is 67.4 Å². The molecule has 4 rings (SSSR count). The number of hydrogen-bond donors (Lipinski definition) is 1. The van der Waals surface area contributed by atoms with Crippen molar-refractivity contribution in [2.24, 2.45) is 0 Å². The fraction of sp³-hybridized carbons (Fsp3) is 0.348. The molecule has 6 nitrogen and oxygen atoms in total. The molecule has 0 saturated carbocycles. The molecule has 2 aromatic heterocycles. The van der Waals surface area contributed by atoms with Crippen molar-refractivity contribution < 1.29 is 9.53 Å². The summed E-state index contributed by atoms with van der Waals surface area (Å²) in [6, 6.07) is 12.0. The van der Waals surface area contributed by atoms with E-state index in [0.717, 1.165) is 53.2 Å². The maximum absolute atomic E-state index is 12.7. The van der Waals surface area contributed by atoms with Crippen LogP contribution in [-0.4, -0.2) is 41.7 Å². The molecular weight excluding hydrogens is 364 g/mol. The van der Waals surface area contributed by atoms with Gasteiger partial charge in [-0.3, -0.25) is 9.78 Å². The molecule has 29 heavy (non-hydrogen) atoms. The summed E-state index contributed by atoms with van der Waals surface area (Å²) >= 11 is 0. The van der Waals surface area contributed by atoms with E-state index in [2.05, 4.69) is 27.1 Å². The van der Waals surface area contributed by atoms with Gasteiger partial charge in [0.15, 0.2) is 0 Å². The summed E-state index contributed by atoms with van der Waals surface area (Å²) in [6.07, 6.45) is 2.04. The van der Waals surface area contributed by atoms with Crippen molar-refractivity contribution in [1.82, 2.24) is 15.3 Å². The number of anilines is 1. The highest BCUT2D eigenvalue weighted by Gasteiger charge is 2.18. The molecule has 1 N–H and O–H groups in total. The van der Waals surface area contributed by atoms with Gasteiger partial charge in [0.25, 0.3) is 5.91 Å². The van der Waals surface area contributed by atoms with E-state index in [1.165, 1.54) is 0 Å². The van der Waals surface area contributed by atoms with Crippen molar-refractivity contribution >= 4 is 22.6 Å². The average molecular weight is 390 g/mol. The van der Waals surface area contributed by atoms with Crippen LogP contribution in [-0.2, 0) is 11.3 Å². The minimum atomic E-state index is -0.121. The smallest absolute Gasteiger partial charge is 0.253 e. The van der Waals surface area contributed by atoms with Crippen molar-refractivity contribution in [3.63, 3.8) is 0 Å². The Labute approximate surface area is 170 Å². The standard InChI is InChI=1S/C23H26N4O2/c1-15-4-6-21-19(10-15)11-20(17(3)26-21)23(28)25-13-18-5-7-22(24-12-18)27-8-9-29-16(2)14-27/h4-7,10-12,16H,8-9,13-14H2,1-3H3,(H,25,28)/t16-/m0/s1. The highest BCUT2D eigenvalue weighted by atomic mass is 16.5. The zero-order chi connectivity index (χ0) is 20.4. The second-order valence-electron chi connectivity index (χ2n) is 7.65. The fourth-order valence-electron chi connectivity index (χ4n) is 3.63. The van der Waals surface area contributed by atoms with Gasteiger partial charge in [-0.2, -0.15) is 0 Å². The van der Waals surface area contributed by atoms with Crippen molar-refractivity contribution in [3.8, 4) is 0 Å². The highest BCUT2D eigenvalue weighted by Crippen LogP contribution is 2.19. The largest absolute Gasteiger partial charge is 0.375 e. The lowest BCUT2D eigenvalue weighted by Gasteiger charge is -2.32. The van der Waals surface area contributed by atoms with Crippen molar-refractivity contribution in [1.29, 1.82) is 0 Å². The molecule has 1 aliphatic rings. The maximum Gasteiger partial charge on any atom is 0.253 e. The van der Waals surface area contributed by atoms with Gasteiger partial charge in [0.2, 0.25) is 0 Å². The third-order valence-corrected chi connectivity index (χ3v) is 5.23. The van der Waals surface area contributed by atoms with Crippen LogP contribution in [0.2, 0.25) is 0 Å². The van der Waals surface area contributed by atoms with Crippen molar-refractivity contribution in [2.45, 2.75) is 33.4 Å². The van der Waals surface area contributed by atoms with Gasteiger partial charge >= 0.3 is 0 Å². The van der Waals surface area contributed by atoms with E-state index in [4.69, 9.17) is 4.74 Å². The lowest BCUT2D eigenvalue weighted by atomic mass is 10.1. The van der Waals surface area contributed by atoms with E-state index in [9.17, 15) is 4.79 Å². The van der Waals surface area contributed by atoms with E-state index in [1.807, 2.05) is 56.4 Å². The molecule has 3 heterocycles. The van der Waals surface area contributed by atoms with Crippen LogP contribution in [0.4, 0.5) is 5.82 Å². The van der Waals surface area contributed by atoms with Gasteiger partial charge in [-0.1, -0.05) is 17.7 Å². The van der Waals surface area contributed by atoms with Crippen molar-refractivity contribution in [2.75, 3.05) is 24.6 Å². The third-order valence-electron chi connectivity index (χ3n) is 5.23. The molecule has 1 aromatic carbocycles. The molecule has 0 aliphatic carbocycles. The number of morpholine rings is 1. The van der Waals surface area contributed by atoms with Crippen LogP contribution in [0.25, 0.3) is 10.9 Å². The Hall–Kier alpha value is -2.99. The lowest BCUT2D eigenvalue weighted by molar-refractivity contribution is 0.0529. The molecule has 1 aliphatic heterocycles. The second kappa shape index (κ2) is 8.17. The first-order chi connectivity index (χ1) is 14.0. The molecule has 150 valence electrons. The van der Waals surface area contributed by atoms with Gasteiger partial charge in [-0.25, -0.2) is 4.98 Å². The number of nitrogens with zero attached hydrogens (tertiary/aromatic N) is 3. The van der Waals surface area contributed by atoms with Gasteiger partial charge < -0.3 is 15.0 Å². The number of rotatable bonds is 4. The Bertz CT molecular complexity index is 1030. The second-order valence-corrected chi connectivity index (χ2v) is 7.65. The normalized spacial score (nSPS) is 16.8. The van der Waals surface area contributed by atoms with Gasteiger partial charge in [-0.05, 0) is 50.6 Å². The zero-order valence-corrected chi connectivity index (χ0v) is 17.1. The predicted molar refractivity (Wildman–Crippen MR) is 114 cm³/mol. The highest BCUT2D eigenvalue weighted by molar-refractivity contribution is 5.98. The Balaban J connectivity index is 1.43. The van der Waals surface area contributed by atoms with E-state index < -0.39 is 0 Å². The van der Waals surface area contributed by atoms with E-state index >= 15 is 0 Å². The summed E-state index contributed by atoms with van der Waals surface area (Å²) in [5, 5.41) is 3.97. The summed E-state index contributed by atoms with van der Waals surface area (Å²) in [4.78, 5) is 24.1. The van der Waals surface area contributed by atoms with Crippen LogP contribution < -0.4 is 10.2 Å². The first-order valence-electron chi connectivity index (χ1n) is 9.97. The number of aryl methyl sites for hydroxylation is 2. The van der Waals surface area contributed by atoms with Gasteiger partial charge in [0, 0.05) is 31.2 Å². The first-order valence-corrected chi connectivity index (χ1v) is 9.97. The van der Waals surface area contributed by atoms with Crippen LogP contribution in [0.15, 0.2) is 42.6 Å². The van der Waals surface area contributed by atoms with Gasteiger partial charge in [0.1, 0.15) is 5.82 Å². The minimum absolute atomic E-state index is 0.121. The molecule has 0 spiro atoms. The third kappa shape index (κ3) is 4.38. The summed E-state index contributed by atoms with van der Waals surface area (Å²) < 4.78 is 5.58. The zero-order valence-electron chi connectivity index (χ0n) is 17.1. The summed E-state index contributed by atoms with van der Waals surface area (Å²) in [6.45, 7) is 8.82. The molecule has 1 saturated heterocycles. The number of nitrogens with one attached hydrogen (secondary N) is 1. The number of pyridine rings is 2. The Morgan fingerprint density at radius 1 is 1.24 bits per heavy atom. The molecule has 0 radical (unpaired) electrons. The number of ether oxygens (including phenoxy) is 1. The number of benzene rings is 1. The van der Waals surface area contributed by atoms with E-state index in [-0.39, 0.29) is 12.0 Å². The van der Waals surface area contributed by atoms with Crippen LogP contribution in [0.3, 0.4) is 0 Å². The van der Waals surface area contributed by atoms with Gasteiger partial charge in [0.05, 0.1) is 29.5 Å². The monoisotopic (exact) mass is 390 g/mol. The number of fused-ring (bicyclic) bond motifs is 1. The number of carbonyl (C=O) groups excluding carboxylic acids is 1. The SMILES string of the molecule is Cc1ccc2nc(C)c(C(=O)NCc3ccc(N4CCO[C@@H](C)C4)nc3)cc2c1. The summed E-state index contributed by atoms with van der Waals surface area (Å²) in [7, 11) is 0. The van der Waals surface area contributed by atoms with E-state index in [0.29, 0.717) is 12.1 Å². The molecule has 1 atom stereocenters. The maximum atomic E-state index is 12.7. The van der Waals surface area contributed by atoms with Crippen LogP contribution >= 0.6 is 0 Å². The Kier molecular flexibility index (Phi) is 5.45. The molecule has 1 amide bonds. The predicted octanol–water partition coefficient (Wildman–Crippen LogP) is 3.40. The number of carbonyl (C=O) groups is 1. The lowest BCUT2D eigenvalue weighted by Crippen LogP contribution is -2.41. The average Bonchev–Trinajstić information content (AvgIpc) is 2.72. The van der Waals surface area contributed by atoms with Crippen LogP contribution in [0.1, 0.15) is 34.1 Å². The summed E-state index contributed by atoms with van der Waals surface area (Å²) in [5.41, 5.74) is 4.35. The first kappa shape index (κ1) is 19.3. The quantitative estimate of drug-likeness (QED) is 0.740. The molecule has 6 heteroatoms. The van der Waals surface area contributed by atoms with Gasteiger partial charge in [-0.15, -0.1) is 0 Å². The van der Waals surface area contributed by atoms with E-state index in [1.54, 1.807) is 0 Å². The number of hydrogen-bond acceptors (Lipinski definition) is 5. The molecule has 0 bridgehead atoms.